The van der Waals surface area contributed by atoms with Crippen molar-refractivity contribution in [1.29, 1.82) is 0 Å². The molecule has 110 valence electrons. The minimum atomic E-state index is -0.409. The van der Waals surface area contributed by atoms with Gasteiger partial charge in [0.15, 0.2) is 5.82 Å². The van der Waals surface area contributed by atoms with E-state index in [1.807, 2.05) is 6.07 Å². The molecule has 21 heavy (non-hydrogen) atoms. The summed E-state index contributed by atoms with van der Waals surface area (Å²) in [6.07, 6.45) is 3.23. The van der Waals surface area contributed by atoms with Gasteiger partial charge in [-0.2, -0.15) is 0 Å². The number of carbonyl (C=O) groups excluding carboxylic acids is 2. The Bertz CT molecular complexity index is 611. The van der Waals surface area contributed by atoms with E-state index in [0.29, 0.717) is 12.3 Å². The molecule has 0 radical (unpaired) electrons. The van der Waals surface area contributed by atoms with Crippen LogP contribution in [0.25, 0.3) is 0 Å². The van der Waals surface area contributed by atoms with Crippen LogP contribution in [0, 0.1) is 0 Å². The summed E-state index contributed by atoms with van der Waals surface area (Å²) < 4.78 is 6.09. The lowest BCUT2D eigenvalue weighted by Crippen LogP contribution is -2.15. The molecule has 8 heteroatoms. The van der Waals surface area contributed by atoms with Gasteiger partial charge in [-0.15, -0.1) is 5.10 Å². The summed E-state index contributed by atoms with van der Waals surface area (Å²) in [6.45, 7) is 1.99. The minimum absolute atomic E-state index is 0.0447. The predicted octanol–water partition coefficient (Wildman–Crippen LogP) is 0.417. The molecule has 0 bridgehead atoms. The molecule has 0 aliphatic heterocycles. The summed E-state index contributed by atoms with van der Waals surface area (Å²) in [7, 11) is 0. The average molecular weight is 289 g/mol. The van der Waals surface area contributed by atoms with Crippen LogP contribution in [0.4, 0.5) is 5.82 Å². The van der Waals surface area contributed by atoms with Gasteiger partial charge in [0.2, 0.25) is 5.91 Å². The largest absolute Gasteiger partial charge is 0.465 e. The zero-order chi connectivity index (χ0) is 15.1. The highest BCUT2D eigenvalue weighted by molar-refractivity contribution is 5.90. The number of aromatic nitrogens is 4. The van der Waals surface area contributed by atoms with Crippen molar-refractivity contribution in [1.82, 2.24) is 20.0 Å². The van der Waals surface area contributed by atoms with Crippen molar-refractivity contribution in [3.63, 3.8) is 0 Å². The van der Waals surface area contributed by atoms with Crippen LogP contribution in [0.3, 0.4) is 0 Å². The van der Waals surface area contributed by atoms with Gasteiger partial charge in [-0.25, -0.2) is 4.68 Å². The van der Waals surface area contributed by atoms with E-state index in [-0.39, 0.29) is 24.7 Å². The SMILES string of the molecule is CCOC(=O)Cn1cc(NC(=O)Cc2ccccn2)nn1. The molecule has 2 aromatic rings. The molecule has 2 heterocycles. The van der Waals surface area contributed by atoms with Gasteiger partial charge in [0.05, 0.1) is 19.2 Å². The number of hydrogen-bond donors (Lipinski definition) is 1. The van der Waals surface area contributed by atoms with Gasteiger partial charge in [0.25, 0.3) is 0 Å². The second-order valence-electron chi connectivity index (χ2n) is 4.15. The number of hydrogen-bond acceptors (Lipinski definition) is 6. The third-order valence-corrected chi connectivity index (χ3v) is 2.47. The first-order chi connectivity index (χ1) is 10.2. The second kappa shape index (κ2) is 7.13. The molecular weight excluding hydrogens is 274 g/mol. The quantitative estimate of drug-likeness (QED) is 0.774. The number of carbonyl (C=O) groups is 2. The number of nitrogens with zero attached hydrogens (tertiary/aromatic N) is 4. The smallest absolute Gasteiger partial charge is 0.327 e. The monoisotopic (exact) mass is 289 g/mol. The van der Waals surface area contributed by atoms with Gasteiger partial charge in [0.1, 0.15) is 6.54 Å². The highest BCUT2D eigenvalue weighted by Gasteiger charge is 2.10. The van der Waals surface area contributed by atoms with Crippen LogP contribution in [0.1, 0.15) is 12.6 Å². The number of ether oxygens (including phenoxy) is 1. The first kappa shape index (κ1) is 14.6. The molecular formula is C13H15N5O3. The first-order valence-electron chi connectivity index (χ1n) is 6.43. The summed E-state index contributed by atoms with van der Waals surface area (Å²) in [5.74, 6) is -0.383. The Morgan fingerprint density at radius 3 is 2.95 bits per heavy atom. The normalized spacial score (nSPS) is 10.1. The van der Waals surface area contributed by atoms with Crippen molar-refractivity contribution in [2.45, 2.75) is 19.9 Å². The van der Waals surface area contributed by atoms with Crippen LogP contribution >= 0.6 is 0 Å². The number of esters is 1. The van der Waals surface area contributed by atoms with E-state index in [0.717, 1.165) is 0 Å². The van der Waals surface area contributed by atoms with E-state index in [9.17, 15) is 9.59 Å². The molecule has 0 aromatic carbocycles. The second-order valence-corrected chi connectivity index (χ2v) is 4.15. The zero-order valence-corrected chi connectivity index (χ0v) is 11.5. The van der Waals surface area contributed by atoms with Crippen molar-refractivity contribution in [3.8, 4) is 0 Å². The lowest BCUT2D eigenvalue weighted by atomic mass is 10.2. The fourth-order valence-corrected chi connectivity index (χ4v) is 1.63. The Kier molecular flexibility index (Phi) is 4.97. The summed E-state index contributed by atoms with van der Waals surface area (Å²) >= 11 is 0. The molecule has 0 unspecified atom stereocenters. The van der Waals surface area contributed by atoms with E-state index >= 15 is 0 Å². The fourth-order valence-electron chi connectivity index (χ4n) is 1.63. The van der Waals surface area contributed by atoms with E-state index in [2.05, 4.69) is 20.6 Å². The van der Waals surface area contributed by atoms with Gasteiger partial charge in [-0.05, 0) is 19.1 Å². The number of nitrogens with one attached hydrogen (secondary N) is 1. The topological polar surface area (TPSA) is 99.0 Å². The molecule has 2 aromatic heterocycles. The van der Waals surface area contributed by atoms with Gasteiger partial charge in [0, 0.05) is 11.9 Å². The van der Waals surface area contributed by atoms with Crippen molar-refractivity contribution in [2.24, 2.45) is 0 Å². The van der Waals surface area contributed by atoms with E-state index in [1.54, 1.807) is 25.3 Å². The number of anilines is 1. The Morgan fingerprint density at radius 2 is 2.24 bits per heavy atom. The molecule has 1 N–H and O–H groups in total. The van der Waals surface area contributed by atoms with Crippen LogP contribution in [0.2, 0.25) is 0 Å². The van der Waals surface area contributed by atoms with Gasteiger partial charge < -0.3 is 10.1 Å². The number of amides is 1. The summed E-state index contributed by atoms with van der Waals surface area (Å²) in [6, 6.07) is 5.35. The minimum Gasteiger partial charge on any atom is -0.465 e. The van der Waals surface area contributed by atoms with Crippen molar-refractivity contribution in [2.75, 3.05) is 11.9 Å². The summed E-state index contributed by atoms with van der Waals surface area (Å²) in [5.41, 5.74) is 0.661. The molecule has 0 aliphatic carbocycles. The van der Waals surface area contributed by atoms with Crippen molar-refractivity contribution in [3.05, 3.63) is 36.3 Å². The lowest BCUT2D eigenvalue weighted by Gasteiger charge is -2.01. The number of pyridine rings is 1. The average Bonchev–Trinajstić information content (AvgIpc) is 2.87. The predicted molar refractivity (Wildman–Crippen MR) is 73.2 cm³/mol. The molecule has 0 fully saturated rings. The maximum absolute atomic E-state index is 11.8. The first-order valence-corrected chi connectivity index (χ1v) is 6.43. The Morgan fingerprint density at radius 1 is 1.38 bits per heavy atom. The van der Waals surface area contributed by atoms with E-state index in [1.165, 1.54) is 10.9 Å². The fraction of sp³-hybridized carbons (Fsp3) is 0.308. The third-order valence-electron chi connectivity index (χ3n) is 2.47. The maximum Gasteiger partial charge on any atom is 0.327 e. The Hall–Kier alpha value is -2.77. The zero-order valence-electron chi connectivity index (χ0n) is 11.5. The molecule has 0 aliphatic rings. The highest BCUT2D eigenvalue weighted by atomic mass is 16.5. The van der Waals surface area contributed by atoms with Crippen LogP contribution in [0.5, 0.6) is 0 Å². The molecule has 8 nitrogen and oxygen atoms in total. The molecule has 1 amide bonds. The van der Waals surface area contributed by atoms with Crippen molar-refractivity contribution < 1.29 is 14.3 Å². The summed E-state index contributed by atoms with van der Waals surface area (Å²) in [5, 5.41) is 10.1. The van der Waals surface area contributed by atoms with Crippen LogP contribution in [0.15, 0.2) is 30.6 Å². The van der Waals surface area contributed by atoms with Crippen LogP contribution < -0.4 is 5.32 Å². The van der Waals surface area contributed by atoms with Crippen LogP contribution in [-0.2, 0) is 27.3 Å². The standard InChI is InChI=1S/C13H15N5O3/c1-2-21-13(20)9-18-8-11(16-17-18)15-12(19)7-10-5-3-4-6-14-10/h3-6,8H,2,7,9H2,1H3,(H,15,19). The molecule has 0 spiro atoms. The summed E-state index contributed by atoms with van der Waals surface area (Å²) in [4.78, 5) is 27.1. The third kappa shape index (κ3) is 4.68. The Balaban J connectivity index is 1.87. The van der Waals surface area contributed by atoms with E-state index < -0.39 is 5.97 Å². The highest BCUT2D eigenvalue weighted by Crippen LogP contribution is 2.02. The lowest BCUT2D eigenvalue weighted by molar-refractivity contribution is -0.144. The molecule has 0 saturated heterocycles. The van der Waals surface area contributed by atoms with Gasteiger partial charge in [-0.1, -0.05) is 11.3 Å². The van der Waals surface area contributed by atoms with E-state index in [4.69, 9.17) is 4.74 Å². The van der Waals surface area contributed by atoms with Crippen molar-refractivity contribution >= 4 is 17.7 Å². The van der Waals surface area contributed by atoms with Crippen LogP contribution in [-0.4, -0.2) is 38.5 Å². The maximum atomic E-state index is 11.8. The molecule has 0 saturated carbocycles. The number of rotatable bonds is 6. The Labute approximate surface area is 121 Å². The molecule has 2 rings (SSSR count). The van der Waals surface area contributed by atoms with Gasteiger partial charge >= 0.3 is 5.97 Å². The molecule has 0 atom stereocenters. The van der Waals surface area contributed by atoms with Gasteiger partial charge in [-0.3, -0.25) is 14.6 Å².